The first-order chi connectivity index (χ1) is 11.6. The predicted octanol–water partition coefficient (Wildman–Crippen LogP) is 3.04. The Hall–Kier alpha value is -2.53. The average molecular weight is 349 g/mol. The number of carboxylic acid groups (broad SMARTS) is 1. The van der Waals surface area contributed by atoms with Crippen molar-refractivity contribution in [2.45, 2.75) is 19.1 Å². The van der Waals surface area contributed by atoms with Gasteiger partial charge in [0.1, 0.15) is 18.2 Å². The molecule has 2 aromatic rings. The molecule has 0 aliphatic rings. The molecule has 0 saturated heterocycles. The van der Waals surface area contributed by atoms with E-state index < -0.39 is 18.0 Å². The van der Waals surface area contributed by atoms with E-state index in [9.17, 15) is 9.59 Å². The Morgan fingerprint density at radius 2 is 1.67 bits per heavy atom. The summed E-state index contributed by atoms with van der Waals surface area (Å²) in [6.07, 6.45) is -1.19. The number of hydrogen-bond acceptors (Lipinski definition) is 4. The minimum Gasteiger partial charge on any atom is -0.489 e. The van der Waals surface area contributed by atoms with Crippen molar-refractivity contribution < 1.29 is 24.2 Å². The fourth-order valence-corrected chi connectivity index (χ4v) is 2.11. The van der Waals surface area contributed by atoms with Crippen LogP contribution < -0.4 is 4.74 Å². The van der Waals surface area contributed by atoms with Gasteiger partial charge in [-0.3, -0.25) is 4.79 Å². The second-order valence-electron chi connectivity index (χ2n) is 5.07. The minimum absolute atomic E-state index is 0.0664. The molecule has 0 saturated carbocycles. The Morgan fingerprint density at radius 3 is 2.25 bits per heavy atom. The third-order valence-electron chi connectivity index (χ3n) is 3.25. The fourth-order valence-electron chi connectivity index (χ4n) is 2.05. The molecule has 0 heterocycles. The summed E-state index contributed by atoms with van der Waals surface area (Å²) in [5.41, 5.74) is 1.78. The number of carbonyl (C=O) groups is 2. The Bertz CT molecular complexity index is 670. The van der Waals surface area contributed by atoms with E-state index in [1.54, 1.807) is 24.3 Å². The molecule has 1 N–H and O–H groups in total. The van der Waals surface area contributed by atoms with Crippen molar-refractivity contribution in [1.29, 1.82) is 0 Å². The van der Waals surface area contributed by atoms with Gasteiger partial charge in [-0.2, -0.15) is 0 Å². The maximum Gasteiger partial charge on any atom is 0.345 e. The van der Waals surface area contributed by atoms with E-state index in [1.807, 2.05) is 30.3 Å². The molecule has 24 heavy (non-hydrogen) atoms. The molecular formula is C18H17ClO5. The lowest BCUT2D eigenvalue weighted by Crippen LogP contribution is -2.29. The summed E-state index contributed by atoms with van der Waals surface area (Å²) >= 11 is 5.33. The third kappa shape index (κ3) is 5.59. The van der Waals surface area contributed by atoms with Crippen LogP contribution in [0.3, 0.4) is 0 Å². The molecule has 0 aromatic heterocycles. The zero-order valence-electron chi connectivity index (χ0n) is 12.9. The smallest absolute Gasteiger partial charge is 0.345 e. The van der Waals surface area contributed by atoms with Gasteiger partial charge in [0.15, 0.2) is 0 Å². The van der Waals surface area contributed by atoms with E-state index in [1.165, 1.54) is 0 Å². The summed E-state index contributed by atoms with van der Waals surface area (Å²) in [5.74, 6) is -1.67. The molecule has 0 radical (unpaired) electrons. The number of benzene rings is 2. The van der Waals surface area contributed by atoms with Gasteiger partial charge in [0.05, 0.1) is 0 Å². The van der Waals surface area contributed by atoms with Crippen LogP contribution in [0, 0.1) is 0 Å². The van der Waals surface area contributed by atoms with Gasteiger partial charge in [0.25, 0.3) is 0 Å². The molecule has 2 aromatic carbocycles. The lowest BCUT2D eigenvalue weighted by molar-refractivity contribution is -0.162. The van der Waals surface area contributed by atoms with E-state index in [2.05, 4.69) is 0 Å². The number of ether oxygens (including phenoxy) is 2. The highest BCUT2D eigenvalue weighted by molar-refractivity contribution is 6.26. The highest BCUT2D eigenvalue weighted by atomic mass is 35.5. The van der Waals surface area contributed by atoms with Crippen LogP contribution in [0.2, 0.25) is 0 Å². The normalized spacial score (nSPS) is 11.5. The molecule has 2 rings (SSSR count). The Morgan fingerprint density at radius 1 is 1.00 bits per heavy atom. The molecule has 0 unspecified atom stereocenters. The van der Waals surface area contributed by atoms with Crippen LogP contribution in [0.4, 0.5) is 0 Å². The monoisotopic (exact) mass is 348 g/mol. The number of carboxylic acids is 1. The molecule has 5 nitrogen and oxygen atoms in total. The molecule has 0 bridgehead atoms. The summed E-state index contributed by atoms with van der Waals surface area (Å²) in [5, 5.41) is 9.10. The molecule has 126 valence electrons. The maximum absolute atomic E-state index is 11.2. The van der Waals surface area contributed by atoms with E-state index in [0.29, 0.717) is 12.4 Å². The Labute approximate surface area is 144 Å². The topological polar surface area (TPSA) is 72.8 Å². The van der Waals surface area contributed by atoms with Gasteiger partial charge >= 0.3 is 11.9 Å². The lowest BCUT2D eigenvalue weighted by Gasteiger charge is -2.13. The van der Waals surface area contributed by atoms with Gasteiger partial charge in [0, 0.05) is 6.42 Å². The molecule has 0 aliphatic carbocycles. The first kappa shape index (κ1) is 17.8. The Kier molecular flexibility index (Phi) is 6.63. The molecule has 1 atom stereocenters. The van der Waals surface area contributed by atoms with Gasteiger partial charge in [-0.1, -0.05) is 42.5 Å². The summed E-state index contributed by atoms with van der Waals surface area (Å²) in [7, 11) is 0. The number of alkyl halides is 1. The van der Waals surface area contributed by atoms with E-state index >= 15 is 0 Å². The Balaban J connectivity index is 1.92. The quantitative estimate of drug-likeness (QED) is 0.586. The van der Waals surface area contributed by atoms with Crippen molar-refractivity contribution in [1.82, 2.24) is 0 Å². The molecule has 6 heteroatoms. The first-order valence-electron chi connectivity index (χ1n) is 7.32. The van der Waals surface area contributed by atoms with E-state index in [4.69, 9.17) is 26.2 Å². The largest absolute Gasteiger partial charge is 0.489 e. The van der Waals surface area contributed by atoms with Gasteiger partial charge in [0.2, 0.25) is 6.10 Å². The number of hydrogen-bond donors (Lipinski definition) is 1. The number of esters is 1. The van der Waals surface area contributed by atoms with Crippen LogP contribution in [0.25, 0.3) is 0 Å². The van der Waals surface area contributed by atoms with Crippen molar-refractivity contribution in [2.24, 2.45) is 0 Å². The van der Waals surface area contributed by atoms with Gasteiger partial charge in [-0.25, -0.2) is 4.79 Å². The van der Waals surface area contributed by atoms with Crippen LogP contribution in [-0.4, -0.2) is 29.0 Å². The van der Waals surface area contributed by atoms with E-state index in [0.717, 1.165) is 11.1 Å². The van der Waals surface area contributed by atoms with Crippen molar-refractivity contribution in [2.75, 3.05) is 5.88 Å². The molecule has 0 fully saturated rings. The molecule has 0 aliphatic heterocycles. The third-order valence-corrected chi connectivity index (χ3v) is 3.47. The predicted molar refractivity (Wildman–Crippen MR) is 89.2 cm³/mol. The van der Waals surface area contributed by atoms with E-state index in [-0.39, 0.29) is 12.3 Å². The van der Waals surface area contributed by atoms with Crippen molar-refractivity contribution >= 4 is 23.5 Å². The second kappa shape index (κ2) is 8.93. The second-order valence-corrected chi connectivity index (χ2v) is 5.34. The van der Waals surface area contributed by atoms with Crippen molar-refractivity contribution in [3.63, 3.8) is 0 Å². The fraction of sp³-hybridized carbons (Fsp3) is 0.222. The summed E-state index contributed by atoms with van der Waals surface area (Å²) in [6.45, 7) is 0.450. The van der Waals surface area contributed by atoms with Gasteiger partial charge < -0.3 is 14.6 Å². The number of rotatable bonds is 8. The lowest BCUT2D eigenvalue weighted by atomic mass is 10.1. The van der Waals surface area contributed by atoms with Gasteiger partial charge in [-0.15, -0.1) is 11.6 Å². The number of carbonyl (C=O) groups excluding carboxylic acids is 1. The molecule has 0 amide bonds. The standard InChI is InChI=1S/C18H17ClO5/c19-11-17(20)24-16(18(21)22)10-13-6-8-15(9-7-13)23-12-14-4-2-1-3-5-14/h1-9,16H,10-12H2,(H,21,22)/t16-/m0/s1. The van der Waals surface area contributed by atoms with Crippen LogP contribution >= 0.6 is 11.6 Å². The minimum atomic E-state index is -1.26. The zero-order valence-corrected chi connectivity index (χ0v) is 13.6. The molecular weight excluding hydrogens is 332 g/mol. The zero-order chi connectivity index (χ0) is 17.4. The first-order valence-corrected chi connectivity index (χ1v) is 7.86. The highest BCUT2D eigenvalue weighted by Crippen LogP contribution is 2.16. The van der Waals surface area contributed by atoms with Crippen LogP contribution in [-0.2, 0) is 27.4 Å². The summed E-state index contributed by atoms with van der Waals surface area (Å²) in [4.78, 5) is 22.3. The SMILES string of the molecule is O=C(CCl)O[C@@H](Cc1ccc(OCc2ccccc2)cc1)C(=O)O. The van der Waals surface area contributed by atoms with Crippen molar-refractivity contribution in [3.05, 3.63) is 65.7 Å². The average Bonchev–Trinajstić information content (AvgIpc) is 2.61. The number of halogens is 1. The highest BCUT2D eigenvalue weighted by Gasteiger charge is 2.22. The summed E-state index contributed by atoms with van der Waals surface area (Å²) < 4.78 is 10.5. The number of aliphatic carboxylic acids is 1. The van der Waals surface area contributed by atoms with Gasteiger partial charge in [-0.05, 0) is 23.3 Å². The van der Waals surface area contributed by atoms with Crippen LogP contribution in [0.5, 0.6) is 5.75 Å². The van der Waals surface area contributed by atoms with Crippen molar-refractivity contribution in [3.8, 4) is 5.75 Å². The molecule has 0 spiro atoms. The van der Waals surface area contributed by atoms with Crippen LogP contribution in [0.15, 0.2) is 54.6 Å². The summed E-state index contributed by atoms with van der Waals surface area (Å²) in [6, 6.07) is 16.7. The maximum atomic E-state index is 11.2. The van der Waals surface area contributed by atoms with Crippen LogP contribution in [0.1, 0.15) is 11.1 Å².